The van der Waals surface area contributed by atoms with Crippen molar-refractivity contribution in [3.05, 3.63) is 52.4 Å². The summed E-state index contributed by atoms with van der Waals surface area (Å²) in [5.74, 6) is 1.71. The quantitative estimate of drug-likeness (QED) is 0.783. The van der Waals surface area contributed by atoms with Gasteiger partial charge in [0.1, 0.15) is 5.76 Å². The number of hydrogen-bond acceptors (Lipinski definition) is 5. The van der Waals surface area contributed by atoms with Crippen molar-refractivity contribution in [2.75, 3.05) is 19.6 Å². The smallest absolute Gasteiger partial charge is 0.273 e. The van der Waals surface area contributed by atoms with Crippen LogP contribution >= 0.6 is 0 Å². The Morgan fingerprint density at radius 2 is 2.10 bits per heavy atom. The van der Waals surface area contributed by atoms with Crippen molar-refractivity contribution >= 4 is 11.8 Å². The molecule has 0 radical (unpaired) electrons. The lowest BCUT2D eigenvalue weighted by molar-refractivity contribution is 0.0630. The van der Waals surface area contributed by atoms with Gasteiger partial charge in [-0.2, -0.15) is 0 Å². The van der Waals surface area contributed by atoms with Crippen LogP contribution in [0, 0.1) is 0 Å². The molecule has 4 heterocycles. The minimum absolute atomic E-state index is 0. The van der Waals surface area contributed by atoms with Crippen molar-refractivity contribution < 1.29 is 17.0 Å². The van der Waals surface area contributed by atoms with Crippen molar-refractivity contribution in [2.45, 2.75) is 62.4 Å². The maximum atomic E-state index is 12.9. The fourth-order valence-electron chi connectivity index (χ4n) is 5.45. The summed E-state index contributed by atoms with van der Waals surface area (Å²) < 4.78 is 5.33. The molecule has 3 fully saturated rings. The van der Waals surface area contributed by atoms with Crippen molar-refractivity contribution in [1.82, 2.24) is 20.7 Å². The maximum Gasteiger partial charge on any atom is 0.273 e. The molecule has 3 atom stereocenters. The molecule has 1 unspecified atom stereocenters. The van der Waals surface area contributed by atoms with Gasteiger partial charge in [0.05, 0.1) is 6.04 Å². The Kier molecular flexibility index (Phi) is 4.60. The monoisotopic (exact) mass is 424 g/mol. The average molecular weight is 425 g/mol. The summed E-state index contributed by atoms with van der Waals surface area (Å²) in [6.45, 7) is 2.75. The van der Waals surface area contributed by atoms with E-state index in [-0.39, 0.29) is 26.8 Å². The molecule has 2 amide bonds. The fraction of sp³-hybridized carbons (Fsp3) is 0.542. The molecule has 6 rings (SSSR count). The van der Waals surface area contributed by atoms with Gasteiger partial charge in [-0.1, -0.05) is 17.3 Å². The summed E-state index contributed by atoms with van der Waals surface area (Å²) in [6, 6.07) is 8.24. The molecule has 7 heteroatoms. The van der Waals surface area contributed by atoms with Gasteiger partial charge in [-0.05, 0) is 68.2 Å². The third-order valence-corrected chi connectivity index (χ3v) is 7.37. The molecule has 1 aromatic carbocycles. The van der Waals surface area contributed by atoms with E-state index in [2.05, 4.69) is 27.9 Å². The predicted octanol–water partition coefficient (Wildman–Crippen LogP) is 3.60. The molecule has 31 heavy (non-hydrogen) atoms. The van der Waals surface area contributed by atoms with Crippen LogP contribution in [0.3, 0.4) is 0 Å². The number of carbonyl (C=O) groups excluding carboxylic acids is 2. The van der Waals surface area contributed by atoms with Crippen molar-refractivity contribution in [1.29, 1.82) is 0 Å². The number of piperidine rings is 2. The van der Waals surface area contributed by atoms with Crippen LogP contribution in [-0.4, -0.2) is 47.5 Å². The zero-order valence-corrected chi connectivity index (χ0v) is 17.6. The molecule has 2 saturated heterocycles. The van der Waals surface area contributed by atoms with E-state index in [0.29, 0.717) is 24.1 Å². The molecular formula is C24H32N4O3. The first-order valence-corrected chi connectivity index (χ1v) is 11.6. The number of hydrogen-bond donors (Lipinski definition) is 2. The molecule has 2 aromatic rings. The van der Waals surface area contributed by atoms with Crippen LogP contribution in [0.4, 0.5) is 0 Å². The molecule has 166 valence electrons. The van der Waals surface area contributed by atoms with Crippen molar-refractivity contribution in [2.24, 2.45) is 0 Å². The molecule has 1 aliphatic carbocycles. The van der Waals surface area contributed by atoms with Gasteiger partial charge in [-0.15, -0.1) is 0 Å². The predicted molar refractivity (Wildman–Crippen MR) is 118 cm³/mol. The number of nitrogens with zero attached hydrogens (tertiary/aromatic N) is 2. The van der Waals surface area contributed by atoms with Gasteiger partial charge < -0.3 is 20.1 Å². The lowest BCUT2D eigenvalue weighted by Crippen LogP contribution is -2.45. The van der Waals surface area contributed by atoms with E-state index in [1.165, 1.54) is 18.4 Å². The van der Waals surface area contributed by atoms with Gasteiger partial charge in [0.15, 0.2) is 5.69 Å². The number of aromatic nitrogens is 1. The van der Waals surface area contributed by atoms with E-state index in [9.17, 15) is 9.59 Å². The summed E-state index contributed by atoms with van der Waals surface area (Å²) in [6.07, 6.45) is 6.10. The summed E-state index contributed by atoms with van der Waals surface area (Å²) in [4.78, 5) is 27.6. The molecule has 0 spiro atoms. The Balaban J connectivity index is 0.00000130. The first kappa shape index (κ1) is 19.0. The number of amides is 2. The number of nitrogens with one attached hydrogen (secondary N) is 2. The zero-order valence-electron chi connectivity index (χ0n) is 17.6. The van der Waals surface area contributed by atoms with E-state index in [1.54, 1.807) is 6.07 Å². The van der Waals surface area contributed by atoms with E-state index >= 15 is 0 Å². The van der Waals surface area contributed by atoms with Crippen molar-refractivity contribution in [3.63, 3.8) is 0 Å². The van der Waals surface area contributed by atoms with Gasteiger partial charge in [0, 0.05) is 39.5 Å². The maximum absolute atomic E-state index is 12.9. The molecule has 7 nitrogen and oxygen atoms in total. The van der Waals surface area contributed by atoms with Gasteiger partial charge in [-0.3, -0.25) is 9.59 Å². The van der Waals surface area contributed by atoms with E-state index in [4.69, 9.17) is 4.52 Å². The Morgan fingerprint density at radius 3 is 2.90 bits per heavy atom. The van der Waals surface area contributed by atoms with Crippen molar-refractivity contribution in [3.8, 4) is 0 Å². The van der Waals surface area contributed by atoms with Crippen LogP contribution in [0.2, 0.25) is 0 Å². The molecule has 2 N–H and O–H groups in total. The Labute approximate surface area is 184 Å². The van der Waals surface area contributed by atoms with Crippen LogP contribution in [-0.2, 0) is 0 Å². The second kappa shape index (κ2) is 7.48. The highest BCUT2D eigenvalue weighted by Gasteiger charge is 2.41. The van der Waals surface area contributed by atoms with Gasteiger partial charge in [0.2, 0.25) is 0 Å². The molecule has 4 aliphatic rings. The second-order valence-electron chi connectivity index (χ2n) is 9.49. The molecule has 1 aromatic heterocycles. The highest BCUT2D eigenvalue weighted by molar-refractivity contribution is 5.99. The minimum Gasteiger partial charge on any atom is -0.360 e. The normalized spacial score (nSPS) is 27.7. The number of benzene rings is 1. The van der Waals surface area contributed by atoms with E-state index < -0.39 is 0 Å². The summed E-state index contributed by atoms with van der Waals surface area (Å²) in [5.41, 5.74) is 3.64. The Morgan fingerprint density at radius 1 is 1.19 bits per heavy atom. The highest BCUT2D eigenvalue weighted by Crippen LogP contribution is 2.42. The lowest BCUT2D eigenvalue weighted by atomic mass is 9.87. The lowest BCUT2D eigenvalue weighted by Gasteiger charge is -2.35. The number of rotatable bonds is 4. The third-order valence-electron chi connectivity index (χ3n) is 7.37. The third kappa shape index (κ3) is 3.45. The SMILES string of the molecule is O=C(N[C@@H]1CCN2C(=O)c3ccc(C4CCCNC4)cc3[C@@H]2C1)c1cc(C2CC2)on1.[HH].[HH]. The summed E-state index contributed by atoms with van der Waals surface area (Å²) in [5, 5.41) is 10.6. The van der Waals surface area contributed by atoms with Gasteiger partial charge in [-0.25, -0.2) is 0 Å². The van der Waals surface area contributed by atoms with Crippen LogP contribution in [0.15, 0.2) is 28.8 Å². The first-order valence-electron chi connectivity index (χ1n) is 11.6. The topological polar surface area (TPSA) is 87.5 Å². The van der Waals surface area contributed by atoms with Gasteiger partial charge >= 0.3 is 0 Å². The largest absolute Gasteiger partial charge is 0.360 e. The molecule has 1 saturated carbocycles. The molecule has 3 aliphatic heterocycles. The van der Waals surface area contributed by atoms with Crippen LogP contribution in [0.5, 0.6) is 0 Å². The molecule has 0 bridgehead atoms. The standard InChI is InChI=1S/C24H28N4O3.2H2/c29-23(20-12-22(31-27-20)14-3-4-14)26-17-7-9-28-21(11-17)19-10-15(5-6-18(19)24(28)30)16-2-1-8-25-13-16;;/h5-6,10,12,14,16-17,21,25H,1-4,7-9,11,13H2,(H,26,29);2*1H/t16?,17-,21+;;/m1../s1. The highest BCUT2D eigenvalue weighted by atomic mass is 16.5. The van der Waals surface area contributed by atoms with Gasteiger partial charge in [0.25, 0.3) is 11.8 Å². The number of carbonyl (C=O) groups is 2. The van der Waals surface area contributed by atoms with Crippen LogP contribution in [0.1, 0.15) is 97.0 Å². The Hall–Kier alpha value is -2.67. The number of fused-ring (bicyclic) bond motifs is 3. The van der Waals surface area contributed by atoms with Crippen LogP contribution in [0.25, 0.3) is 0 Å². The minimum atomic E-state index is -0.180. The van der Waals surface area contributed by atoms with E-state index in [1.807, 2.05) is 11.0 Å². The summed E-state index contributed by atoms with van der Waals surface area (Å²) in [7, 11) is 0. The average Bonchev–Trinajstić information content (AvgIpc) is 3.47. The zero-order chi connectivity index (χ0) is 20.9. The van der Waals surface area contributed by atoms with E-state index in [0.717, 1.165) is 55.7 Å². The Bertz CT molecular complexity index is 1030. The van der Waals surface area contributed by atoms with Crippen LogP contribution < -0.4 is 10.6 Å². The first-order chi connectivity index (χ1) is 15.2. The second-order valence-corrected chi connectivity index (χ2v) is 9.49. The molecular weight excluding hydrogens is 392 g/mol. The fourth-order valence-corrected chi connectivity index (χ4v) is 5.45. The summed E-state index contributed by atoms with van der Waals surface area (Å²) >= 11 is 0.